The van der Waals surface area contributed by atoms with Crippen LogP contribution in [0.2, 0.25) is 0 Å². The van der Waals surface area contributed by atoms with Gasteiger partial charge in [0.05, 0.1) is 0 Å². The number of amides is 4. The molecule has 2 aliphatic rings. The Bertz CT molecular complexity index is 1490. The van der Waals surface area contributed by atoms with Crippen LogP contribution in [-0.2, 0) is 33.9 Å². The van der Waals surface area contributed by atoms with Gasteiger partial charge in [0.1, 0.15) is 17.8 Å². The van der Waals surface area contributed by atoms with Crippen molar-refractivity contribution in [3.8, 4) is 0 Å². The van der Waals surface area contributed by atoms with Gasteiger partial charge in [-0.3, -0.25) is 28.8 Å². The van der Waals surface area contributed by atoms with Crippen molar-refractivity contribution in [2.24, 2.45) is 5.92 Å². The molecule has 1 saturated heterocycles. The van der Waals surface area contributed by atoms with E-state index in [1.807, 2.05) is 42.2 Å². The average Bonchev–Trinajstić information content (AvgIpc) is 3.81. The Morgan fingerprint density at radius 1 is 0.851 bits per heavy atom. The minimum atomic E-state index is -0.679. The van der Waals surface area contributed by atoms with E-state index in [9.17, 15) is 19.2 Å². The summed E-state index contributed by atoms with van der Waals surface area (Å²) in [5.74, 6) is -0.755. The number of nitrogens with zero attached hydrogens (tertiary/aromatic N) is 4. The zero-order valence-electron chi connectivity index (χ0n) is 27.5. The van der Waals surface area contributed by atoms with Crippen molar-refractivity contribution in [3.05, 3.63) is 83.7 Å². The molecule has 2 fully saturated rings. The molecule has 47 heavy (non-hydrogen) atoms. The van der Waals surface area contributed by atoms with Crippen molar-refractivity contribution in [3.63, 3.8) is 0 Å². The molecule has 1 saturated carbocycles. The molecule has 1 aliphatic carbocycles. The Hall–Kier alpha value is -4.51. The highest BCUT2D eigenvalue weighted by Crippen LogP contribution is 2.29. The van der Waals surface area contributed by atoms with Crippen LogP contribution in [0.4, 0.5) is 5.69 Å². The first-order chi connectivity index (χ1) is 22.8. The number of aromatic nitrogens is 2. The summed E-state index contributed by atoms with van der Waals surface area (Å²) in [7, 11) is 0. The van der Waals surface area contributed by atoms with Gasteiger partial charge in [0.25, 0.3) is 5.91 Å². The fraction of sp³-hybridized carbons (Fsp3) is 0.472. The molecule has 11 nitrogen and oxygen atoms in total. The Morgan fingerprint density at radius 3 is 2.21 bits per heavy atom. The molecule has 2 atom stereocenters. The van der Waals surface area contributed by atoms with E-state index in [1.165, 1.54) is 5.56 Å². The van der Waals surface area contributed by atoms with Gasteiger partial charge >= 0.3 is 0 Å². The van der Waals surface area contributed by atoms with Crippen molar-refractivity contribution < 1.29 is 19.2 Å². The highest BCUT2D eigenvalue weighted by molar-refractivity contribution is 6.00. The maximum Gasteiger partial charge on any atom is 0.270 e. The maximum absolute atomic E-state index is 13.6. The van der Waals surface area contributed by atoms with Gasteiger partial charge in [-0.05, 0) is 55.0 Å². The second kappa shape index (κ2) is 16.4. The van der Waals surface area contributed by atoms with Crippen molar-refractivity contribution >= 4 is 29.3 Å². The lowest BCUT2D eigenvalue weighted by molar-refractivity contribution is -0.138. The topological polar surface area (TPSA) is 129 Å². The number of benzene rings is 2. The number of carbonyl (C=O) groups excluding carboxylic acids is 4. The number of hydrogen-bond acceptors (Lipinski definition) is 6. The zero-order chi connectivity index (χ0) is 33.2. The molecule has 3 aromatic rings. The predicted octanol–water partition coefficient (Wildman–Crippen LogP) is 3.61. The number of anilines is 1. The van der Waals surface area contributed by atoms with Crippen LogP contribution in [0.15, 0.2) is 66.9 Å². The number of piperazine rings is 1. The normalized spacial score (nSPS) is 16.8. The molecule has 250 valence electrons. The van der Waals surface area contributed by atoms with E-state index in [-0.39, 0.29) is 29.5 Å². The minimum absolute atomic E-state index is 0.0605. The molecule has 0 spiro atoms. The summed E-state index contributed by atoms with van der Waals surface area (Å²) in [5, 5.41) is 13.1. The van der Waals surface area contributed by atoms with E-state index in [4.69, 9.17) is 0 Å². The van der Waals surface area contributed by atoms with Crippen LogP contribution in [-0.4, -0.2) is 81.5 Å². The van der Waals surface area contributed by atoms with E-state index in [1.54, 1.807) is 36.0 Å². The molecule has 0 bridgehead atoms. The van der Waals surface area contributed by atoms with E-state index in [2.05, 4.69) is 38.1 Å². The number of rotatable bonds is 13. The van der Waals surface area contributed by atoms with E-state index >= 15 is 0 Å². The Balaban J connectivity index is 1.20. The second-order valence-electron chi connectivity index (χ2n) is 12.5. The van der Waals surface area contributed by atoms with E-state index in [0.717, 1.165) is 50.9 Å². The summed E-state index contributed by atoms with van der Waals surface area (Å²) >= 11 is 0. The molecule has 4 amide bonds. The van der Waals surface area contributed by atoms with Gasteiger partial charge in [-0.1, -0.05) is 62.2 Å². The number of aryl methyl sites for hydroxylation is 1. The highest BCUT2D eigenvalue weighted by atomic mass is 16.2. The van der Waals surface area contributed by atoms with Gasteiger partial charge in [-0.25, -0.2) is 0 Å². The lowest BCUT2D eigenvalue weighted by Gasteiger charge is -2.36. The molecular weight excluding hydrogens is 594 g/mol. The molecule has 2 heterocycles. The lowest BCUT2D eigenvalue weighted by atomic mass is 9.96. The minimum Gasteiger partial charge on any atom is -0.344 e. The standard InChI is InChI=1S/C36H47N7O4/c1-3-32(44)39-30(36(47)42-22-20-41(21-23-42)25-27-10-6-5-7-11-27)24-26-14-16-29(17-15-26)38-35(46)33(28-12-8-9-13-28)40-34(45)31-18-19-37-43(31)4-2/h5-7,10-11,14-19,28,30,33H,3-4,8-9,12-13,20-25H2,1-2H3,(H,38,46)(H,39,44)(H,40,45). The van der Waals surface area contributed by atoms with Gasteiger partial charge in [-0.15, -0.1) is 0 Å². The van der Waals surface area contributed by atoms with Gasteiger partial charge in [0.2, 0.25) is 17.7 Å². The Labute approximate surface area is 277 Å². The van der Waals surface area contributed by atoms with Crippen LogP contribution in [0.25, 0.3) is 0 Å². The molecule has 1 aliphatic heterocycles. The molecule has 11 heteroatoms. The summed E-state index contributed by atoms with van der Waals surface area (Å²) in [5.41, 5.74) is 3.15. The molecule has 1 aromatic heterocycles. The average molecular weight is 642 g/mol. The Morgan fingerprint density at radius 2 is 1.55 bits per heavy atom. The fourth-order valence-electron chi connectivity index (χ4n) is 6.55. The fourth-order valence-corrected chi connectivity index (χ4v) is 6.55. The number of carbonyl (C=O) groups is 4. The Kier molecular flexibility index (Phi) is 11.8. The van der Waals surface area contributed by atoms with Crippen LogP contribution < -0.4 is 16.0 Å². The summed E-state index contributed by atoms with van der Waals surface area (Å²) in [6.45, 7) is 7.85. The van der Waals surface area contributed by atoms with Crippen LogP contribution in [0.1, 0.15) is 67.6 Å². The summed E-state index contributed by atoms with van der Waals surface area (Å²) < 4.78 is 1.62. The first kappa shape index (κ1) is 33.8. The highest BCUT2D eigenvalue weighted by Gasteiger charge is 2.33. The molecule has 2 aromatic carbocycles. The smallest absolute Gasteiger partial charge is 0.270 e. The van der Waals surface area contributed by atoms with E-state index in [0.29, 0.717) is 43.9 Å². The predicted molar refractivity (Wildman–Crippen MR) is 180 cm³/mol. The van der Waals surface area contributed by atoms with Crippen molar-refractivity contribution in [2.75, 3.05) is 31.5 Å². The summed E-state index contributed by atoms with van der Waals surface area (Å²) in [6.07, 6.45) is 6.04. The zero-order valence-corrected chi connectivity index (χ0v) is 27.5. The summed E-state index contributed by atoms with van der Waals surface area (Å²) in [6, 6.07) is 18.0. The van der Waals surface area contributed by atoms with E-state index < -0.39 is 12.1 Å². The van der Waals surface area contributed by atoms with Crippen molar-refractivity contribution in [1.82, 2.24) is 30.2 Å². The van der Waals surface area contributed by atoms with Gasteiger partial charge in [0, 0.05) is 64.0 Å². The largest absolute Gasteiger partial charge is 0.344 e. The lowest BCUT2D eigenvalue weighted by Crippen LogP contribution is -2.55. The second-order valence-corrected chi connectivity index (χ2v) is 12.5. The molecule has 2 unspecified atom stereocenters. The summed E-state index contributed by atoms with van der Waals surface area (Å²) in [4.78, 5) is 56.9. The van der Waals surface area contributed by atoms with Crippen LogP contribution in [0.3, 0.4) is 0 Å². The third-order valence-electron chi connectivity index (χ3n) is 9.24. The maximum atomic E-state index is 13.6. The number of hydrogen-bond donors (Lipinski definition) is 3. The third kappa shape index (κ3) is 9.06. The van der Waals surface area contributed by atoms with Gasteiger partial charge < -0.3 is 20.9 Å². The van der Waals surface area contributed by atoms with Gasteiger partial charge in [0.15, 0.2) is 0 Å². The van der Waals surface area contributed by atoms with Crippen LogP contribution in [0, 0.1) is 5.92 Å². The quantitative estimate of drug-likeness (QED) is 0.262. The first-order valence-corrected chi connectivity index (χ1v) is 16.9. The van der Waals surface area contributed by atoms with Crippen LogP contribution in [0.5, 0.6) is 0 Å². The third-order valence-corrected chi connectivity index (χ3v) is 9.24. The van der Waals surface area contributed by atoms with Crippen molar-refractivity contribution in [1.29, 1.82) is 0 Å². The molecule has 3 N–H and O–H groups in total. The van der Waals surface area contributed by atoms with Crippen LogP contribution >= 0.6 is 0 Å². The van der Waals surface area contributed by atoms with Gasteiger partial charge in [-0.2, -0.15) is 5.10 Å². The first-order valence-electron chi connectivity index (χ1n) is 16.9. The molecular formula is C36H47N7O4. The SMILES string of the molecule is CCC(=O)NC(Cc1ccc(NC(=O)C(NC(=O)c2ccnn2CC)C2CCCC2)cc1)C(=O)N1CCN(Cc2ccccc2)CC1. The number of nitrogens with one attached hydrogen (secondary N) is 3. The molecule has 0 radical (unpaired) electrons. The monoisotopic (exact) mass is 641 g/mol. The van der Waals surface area contributed by atoms with Crippen molar-refractivity contribution in [2.45, 2.75) is 77.5 Å². The molecule has 5 rings (SSSR count).